The molecule has 1 fully saturated rings. The number of aliphatic hydroxyl groups excluding tert-OH is 1. The lowest BCUT2D eigenvalue weighted by Gasteiger charge is -2.32. The molecule has 4 unspecified atom stereocenters. The second kappa shape index (κ2) is 8.05. The molecule has 0 saturated carbocycles. The molecule has 1 aromatic carbocycles. The van der Waals surface area contributed by atoms with Gasteiger partial charge in [0.2, 0.25) is 0 Å². The van der Waals surface area contributed by atoms with E-state index >= 15 is 0 Å². The first-order valence-electron chi connectivity index (χ1n) is 9.58. The van der Waals surface area contributed by atoms with Gasteiger partial charge >= 0.3 is 5.97 Å². The highest BCUT2D eigenvalue weighted by molar-refractivity contribution is 5.89. The number of aliphatic hydroxyl groups is 1. The number of nitrogens with zero attached hydrogens (tertiary/aromatic N) is 2. The molecule has 1 aliphatic rings. The summed E-state index contributed by atoms with van der Waals surface area (Å²) in [5.41, 5.74) is 1.42. The van der Waals surface area contributed by atoms with E-state index in [0.29, 0.717) is 25.0 Å². The number of carbonyl (C=O) groups excluding carboxylic acids is 1. The fourth-order valence-corrected chi connectivity index (χ4v) is 4.03. The van der Waals surface area contributed by atoms with Crippen LogP contribution in [0.1, 0.15) is 51.3 Å². The lowest BCUT2D eigenvalue weighted by atomic mass is 9.91. The van der Waals surface area contributed by atoms with Crippen LogP contribution in [0.25, 0.3) is 10.9 Å². The van der Waals surface area contributed by atoms with E-state index in [2.05, 4.69) is 0 Å². The molecule has 144 valence electrons. The number of aliphatic carboxylic acids is 1. The van der Waals surface area contributed by atoms with Crippen molar-refractivity contribution in [2.45, 2.75) is 57.7 Å². The molecule has 2 aromatic rings. The number of para-hydroxylation sites is 1. The third-order valence-electron chi connectivity index (χ3n) is 5.46. The van der Waals surface area contributed by atoms with Crippen molar-refractivity contribution in [1.29, 1.82) is 0 Å². The number of benzene rings is 1. The Morgan fingerprint density at radius 2 is 1.96 bits per heavy atom. The Balaban J connectivity index is 2.08. The smallest absolute Gasteiger partial charge is 0.326 e. The quantitative estimate of drug-likeness (QED) is 0.781. The van der Waals surface area contributed by atoms with Crippen LogP contribution in [-0.2, 0) is 9.59 Å². The molecule has 2 N–H and O–H groups in total. The summed E-state index contributed by atoms with van der Waals surface area (Å²) in [4.78, 5) is 30.8. The standard InChI is InChI=1S/C21H26N2O4/c1-3-5-10-17(21(26)27)23-18(14(4-2)19(24)20(23)25)16-12-11-13-8-6-7-9-15(13)22-16/h6-9,11-12,14,17-19,24H,3-5,10H2,1-2H3,(H,26,27). The number of carboxylic acid groups (broad SMARTS) is 1. The van der Waals surface area contributed by atoms with Crippen molar-refractivity contribution in [3.05, 3.63) is 42.1 Å². The lowest BCUT2D eigenvalue weighted by Crippen LogP contribution is -2.45. The fraction of sp³-hybridized carbons (Fsp3) is 0.476. The highest BCUT2D eigenvalue weighted by atomic mass is 16.4. The molecule has 0 aliphatic carbocycles. The first-order chi connectivity index (χ1) is 13.0. The maximum Gasteiger partial charge on any atom is 0.326 e. The van der Waals surface area contributed by atoms with Crippen molar-refractivity contribution < 1.29 is 19.8 Å². The van der Waals surface area contributed by atoms with Gasteiger partial charge in [0.1, 0.15) is 12.1 Å². The van der Waals surface area contributed by atoms with Gasteiger partial charge in [0.25, 0.3) is 5.91 Å². The number of likely N-dealkylation sites (tertiary alicyclic amines) is 1. The highest BCUT2D eigenvalue weighted by Crippen LogP contribution is 2.42. The molecular weight excluding hydrogens is 344 g/mol. The van der Waals surface area contributed by atoms with E-state index < -0.39 is 30.1 Å². The summed E-state index contributed by atoms with van der Waals surface area (Å²) in [5.74, 6) is -1.92. The van der Waals surface area contributed by atoms with Gasteiger partial charge in [-0.15, -0.1) is 0 Å². The summed E-state index contributed by atoms with van der Waals surface area (Å²) in [6.07, 6.45) is 1.26. The van der Waals surface area contributed by atoms with Gasteiger partial charge < -0.3 is 15.1 Å². The molecular formula is C21H26N2O4. The van der Waals surface area contributed by atoms with Crippen LogP contribution in [0.2, 0.25) is 0 Å². The molecule has 1 saturated heterocycles. The molecule has 1 aromatic heterocycles. The van der Waals surface area contributed by atoms with Gasteiger partial charge in [-0.25, -0.2) is 4.79 Å². The number of fused-ring (bicyclic) bond motifs is 1. The van der Waals surface area contributed by atoms with Crippen LogP contribution in [0.3, 0.4) is 0 Å². The zero-order valence-corrected chi connectivity index (χ0v) is 15.7. The zero-order chi connectivity index (χ0) is 19.6. The Bertz CT molecular complexity index is 838. The Kier molecular flexibility index (Phi) is 5.75. The van der Waals surface area contributed by atoms with E-state index in [1.54, 1.807) is 0 Å². The van der Waals surface area contributed by atoms with Crippen molar-refractivity contribution in [3.63, 3.8) is 0 Å². The molecule has 3 rings (SSSR count). The summed E-state index contributed by atoms with van der Waals surface area (Å²) in [5, 5.41) is 21.3. The van der Waals surface area contributed by atoms with E-state index in [-0.39, 0.29) is 5.92 Å². The van der Waals surface area contributed by atoms with Gasteiger partial charge in [0.05, 0.1) is 17.3 Å². The Morgan fingerprint density at radius 3 is 2.63 bits per heavy atom. The average molecular weight is 370 g/mol. The average Bonchev–Trinajstić information content (AvgIpc) is 2.92. The molecule has 0 radical (unpaired) electrons. The second-order valence-electron chi connectivity index (χ2n) is 7.13. The van der Waals surface area contributed by atoms with Crippen molar-refractivity contribution in [1.82, 2.24) is 9.88 Å². The second-order valence-corrected chi connectivity index (χ2v) is 7.13. The number of carboxylic acids is 1. The summed E-state index contributed by atoms with van der Waals surface area (Å²) in [6, 6.07) is 9.94. The van der Waals surface area contributed by atoms with E-state index in [4.69, 9.17) is 4.98 Å². The Hall–Kier alpha value is -2.47. The number of pyridine rings is 1. The summed E-state index contributed by atoms with van der Waals surface area (Å²) in [7, 11) is 0. The number of unbranched alkanes of at least 4 members (excludes halogenated alkanes) is 1. The normalized spacial score (nSPS) is 23.7. The van der Waals surface area contributed by atoms with E-state index in [1.807, 2.05) is 50.2 Å². The number of rotatable bonds is 7. The van der Waals surface area contributed by atoms with Crippen LogP contribution in [0, 0.1) is 5.92 Å². The lowest BCUT2D eigenvalue weighted by molar-refractivity contribution is -0.152. The molecule has 4 atom stereocenters. The van der Waals surface area contributed by atoms with Crippen LogP contribution >= 0.6 is 0 Å². The molecule has 6 heteroatoms. The van der Waals surface area contributed by atoms with Gasteiger partial charge in [-0.1, -0.05) is 51.0 Å². The maximum atomic E-state index is 12.8. The number of aromatic nitrogens is 1. The minimum absolute atomic E-state index is 0.366. The van der Waals surface area contributed by atoms with Gasteiger partial charge in [-0.2, -0.15) is 0 Å². The Labute approximate surface area is 158 Å². The maximum absolute atomic E-state index is 12.8. The number of hydrogen-bond donors (Lipinski definition) is 2. The molecule has 0 bridgehead atoms. The molecule has 0 spiro atoms. The minimum Gasteiger partial charge on any atom is -0.480 e. The summed E-state index contributed by atoms with van der Waals surface area (Å²) >= 11 is 0. The minimum atomic E-state index is -1.20. The number of hydrogen-bond acceptors (Lipinski definition) is 4. The predicted octanol–water partition coefficient (Wildman–Crippen LogP) is 3.15. The van der Waals surface area contributed by atoms with Gasteiger partial charge in [-0.05, 0) is 25.0 Å². The fourth-order valence-electron chi connectivity index (χ4n) is 4.03. The topological polar surface area (TPSA) is 90.7 Å². The van der Waals surface area contributed by atoms with Crippen LogP contribution in [-0.4, -0.2) is 44.1 Å². The van der Waals surface area contributed by atoms with E-state index in [1.165, 1.54) is 4.90 Å². The largest absolute Gasteiger partial charge is 0.480 e. The van der Waals surface area contributed by atoms with Gasteiger partial charge in [0.15, 0.2) is 0 Å². The summed E-state index contributed by atoms with van der Waals surface area (Å²) in [6.45, 7) is 3.89. The molecule has 6 nitrogen and oxygen atoms in total. The SMILES string of the molecule is CCCCC(C(=O)O)N1C(=O)C(O)C(CC)C1c1ccc2ccccc2n1. The van der Waals surface area contributed by atoms with Crippen molar-refractivity contribution in [2.24, 2.45) is 5.92 Å². The number of carbonyl (C=O) groups is 2. The van der Waals surface area contributed by atoms with Crippen LogP contribution in [0.5, 0.6) is 0 Å². The summed E-state index contributed by atoms with van der Waals surface area (Å²) < 4.78 is 0. The number of amides is 1. The van der Waals surface area contributed by atoms with E-state index in [9.17, 15) is 19.8 Å². The van der Waals surface area contributed by atoms with Crippen LogP contribution < -0.4 is 0 Å². The molecule has 27 heavy (non-hydrogen) atoms. The molecule has 2 heterocycles. The third kappa shape index (κ3) is 3.54. The van der Waals surface area contributed by atoms with E-state index in [0.717, 1.165) is 17.3 Å². The van der Waals surface area contributed by atoms with Gasteiger partial charge in [-0.3, -0.25) is 9.78 Å². The monoisotopic (exact) mass is 370 g/mol. The van der Waals surface area contributed by atoms with Crippen molar-refractivity contribution >= 4 is 22.8 Å². The zero-order valence-electron chi connectivity index (χ0n) is 15.7. The first kappa shape index (κ1) is 19.3. The third-order valence-corrected chi connectivity index (χ3v) is 5.46. The first-order valence-corrected chi connectivity index (χ1v) is 9.58. The predicted molar refractivity (Wildman–Crippen MR) is 102 cm³/mol. The van der Waals surface area contributed by atoms with Crippen LogP contribution in [0.15, 0.2) is 36.4 Å². The molecule has 1 aliphatic heterocycles. The Morgan fingerprint density at radius 1 is 1.22 bits per heavy atom. The van der Waals surface area contributed by atoms with Crippen molar-refractivity contribution in [3.8, 4) is 0 Å². The van der Waals surface area contributed by atoms with Gasteiger partial charge in [0, 0.05) is 11.3 Å². The van der Waals surface area contributed by atoms with Crippen LogP contribution in [0.4, 0.5) is 0 Å². The van der Waals surface area contributed by atoms with Crippen molar-refractivity contribution in [2.75, 3.05) is 0 Å². The highest BCUT2D eigenvalue weighted by Gasteiger charge is 2.51. The molecule has 1 amide bonds.